The average molecular weight is 1040 g/mol. The summed E-state index contributed by atoms with van der Waals surface area (Å²) in [5, 5.41) is 5.33. The van der Waals surface area contributed by atoms with Crippen LogP contribution in [0.5, 0.6) is 0 Å². The molecule has 0 spiro atoms. The van der Waals surface area contributed by atoms with Crippen molar-refractivity contribution in [1.82, 2.24) is 4.57 Å². The molecule has 0 bridgehead atoms. The van der Waals surface area contributed by atoms with Gasteiger partial charge in [0.15, 0.2) is 0 Å². The van der Waals surface area contributed by atoms with Gasteiger partial charge in [-0.1, -0.05) is 171 Å². The van der Waals surface area contributed by atoms with Gasteiger partial charge in [-0.2, -0.15) is 0 Å². The van der Waals surface area contributed by atoms with Gasteiger partial charge < -0.3 is 14.3 Å². The van der Waals surface area contributed by atoms with Crippen LogP contribution < -0.4 is 20.6 Å². The van der Waals surface area contributed by atoms with Crippen molar-refractivity contribution in [3.63, 3.8) is 0 Å². The van der Waals surface area contributed by atoms with Crippen LogP contribution in [0.3, 0.4) is 0 Å². The van der Waals surface area contributed by atoms with Gasteiger partial charge >= 0.3 is 6.85 Å². The van der Waals surface area contributed by atoms with Gasteiger partial charge in [-0.3, -0.25) is 0 Å². The molecule has 4 heterocycles. The summed E-state index contributed by atoms with van der Waals surface area (Å²) in [6.45, 7) is 40.3. The van der Waals surface area contributed by atoms with Gasteiger partial charge in [0, 0.05) is 60.2 Å². The third kappa shape index (κ3) is 7.71. The molecule has 0 amide bonds. The topological polar surface area (TPSA) is 11.4 Å². The smallest absolute Gasteiger partial charge is 0.333 e. The molecular formula is C73H78BN3S. The molecule has 78 heavy (non-hydrogen) atoms. The molecule has 5 heteroatoms. The van der Waals surface area contributed by atoms with E-state index in [1.165, 1.54) is 126 Å². The van der Waals surface area contributed by atoms with E-state index in [0.717, 1.165) is 23.5 Å². The van der Waals surface area contributed by atoms with Crippen LogP contribution in [0.1, 0.15) is 163 Å². The first-order chi connectivity index (χ1) is 36.6. The zero-order valence-electron chi connectivity index (χ0n) is 49.5. The first-order valence-corrected chi connectivity index (χ1v) is 29.6. The van der Waals surface area contributed by atoms with Gasteiger partial charge in [0.25, 0.3) is 0 Å². The highest BCUT2D eigenvalue weighted by Gasteiger charge is 2.47. The Morgan fingerprint density at radius 1 is 0.487 bits per heavy atom. The Bertz CT molecular complexity index is 4080. The Morgan fingerprint density at radius 2 is 1.04 bits per heavy atom. The molecule has 0 saturated heterocycles. The summed E-state index contributed by atoms with van der Waals surface area (Å²) in [5.74, 6) is 0. The Labute approximate surface area is 469 Å². The zero-order valence-corrected chi connectivity index (χ0v) is 50.3. The minimum Gasteiger partial charge on any atom is -0.376 e. The van der Waals surface area contributed by atoms with Crippen LogP contribution >= 0.6 is 11.3 Å². The molecule has 0 radical (unpaired) electrons. The molecule has 2 aromatic heterocycles. The van der Waals surface area contributed by atoms with E-state index in [2.05, 4.69) is 272 Å². The summed E-state index contributed by atoms with van der Waals surface area (Å²) in [5.41, 5.74) is 25.0. The summed E-state index contributed by atoms with van der Waals surface area (Å²) in [7, 11) is 0. The largest absolute Gasteiger partial charge is 0.376 e. The highest BCUT2D eigenvalue weighted by molar-refractivity contribution is 7.26. The Kier molecular flexibility index (Phi) is 10.9. The molecule has 8 aromatic carbocycles. The lowest BCUT2D eigenvalue weighted by atomic mass is 9.43. The summed E-state index contributed by atoms with van der Waals surface area (Å²) < 4.78 is 5.40. The lowest BCUT2D eigenvalue weighted by Crippen LogP contribution is -2.61. The van der Waals surface area contributed by atoms with E-state index in [-0.39, 0.29) is 39.3 Å². The molecule has 2 aliphatic heterocycles. The van der Waals surface area contributed by atoms with Crippen LogP contribution in [0.4, 0.5) is 28.4 Å². The minimum absolute atomic E-state index is 0.0118. The van der Waals surface area contributed by atoms with Crippen molar-refractivity contribution in [3.05, 3.63) is 178 Å². The standard InChI is InChI=1S/C73H78BN3S/c1-43-36-57-58(73(16,17)35-34-72(57,14)15)42-62(43)77-61-33-31-50(75(48-27-22-44(23-28-48)68(2,3)4)49-29-24-45(25-30-49)69(5,6)7)40-53(61)54-41-56-51-20-18-19-21-63(51)78-67(56)66-64(54)74(77)59-39-47(71(11,12)13)38-55-52-37-46(70(8,9)10)26-32-60(52)76(66)65(55)59/h18-33,36-42H,34-35H2,1-17H3. The highest BCUT2D eigenvalue weighted by atomic mass is 32.1. The summed E-state index contributed by atoms with van der Waals surface area (Å²) in [4.78, 5) is 5.32. The van der Waals surface area contributed by atoms with Gasteiger partial charge in [0.1, 0.15) is 0 Å². The molecule has 1 aliphatic carbocycles. The minimum atomic E-state index is -0.117. The predicted molar refractivity (Wildman–Crippen MR) is 342 cm³/mol. The molecular weight excluding hydrogens is 962 g/mol. The fourth-order valence-corrected chi connectivity index (χ4v) is 14.9. The van der Waals surface area contributed by atoms with Crippen molar-refractivity contribution in [2.45, 2.75) is 163 Å². The van der Waals surface area contributed by atoms with Gasteiger partial charge in [-0.05, 0) is 187 Å². The number of hydrogen-bond donors (Lipinski definition) is 0. The third-order valence-electron chi connectivity index (χ3n) is 18.6. The normalized spacial score (nSPS) is 15.8. The van der Waals surface area contributed by atoms with E-state index in [9.17, 15) is 0 Å². The molecule has 394 valence electrons. The van der Waals surface area contributed by atoms with E-state index in [1.54, 1.807) is 0 Å². The maximum absolute atomic E-state index is 2.82. The highest BCUT2D eigenvalue weighted by Crippen LogP contribution is 2.54. The Balaban J connectivity index is 1.19. The quantitative estimate of drug-likeness (QED) is 0.163. The number of aryl methyl sites for hydroxylation is 1. The third-order valence-corrected chi connectivity index (χ3v) is 19.7. The molecule has 0 unspecified atom stereocenters. The fourth-order valence-electron chi connectivity index (χ4n) is 13.7. The van der Waals surface area contributed by atoms with Crippen molar-refractivity contribution in [3.8, 4) is 16.8 Å². The summed E-state index contributed by atoms with van der Waals surface area (Å²) in [6.07, 6.45) is 2.34. The van der Waals surface area contributed by atoms with E-state index >= 15 is 0 Å². The van der Waals surface area contributed by atoms with Crippen LogP contribution in [0.15, 0.2) is 140 Å². The number of fused-ring (bicyclic) bond motifs is 12. The predicted octanol–water partition coefficient (Wildman–Crippen LogP) is 19.7. The second-order valence-corrected chi connectivity index (χ2v) is 30.1. The van der Waals surface area contributed by atoms with Crippen LogP contribution in [0.25, 0.3) is 58.8 Å². The molecule has 0 saturated carbocycles. The number of anilines is 5. The molecule has 0 N–H and O–H groups in total. The number of benzene rings is 8. The SMILES string of the molecule is Cc1cc2c(cc1N1B3c4c(cc5c(sc6ccccc65)c4-n4c5ccc(C(C)(C)C)cc5c5cc(C(C)(C)C)cc3c54)-c3cc(N(c4ccc(C(C)(C)C)cc4)c4ccc(C(C)(C)C)cc4)ccc31)C(C)(C)CCC2(C)C. The fraction of sp³-hybridized carbons (Fsp3) is 0.342. The summed E-state index contributed by atoms with van der Waals surface area (Å²) >= 11 is 1.97. The maximum Gasteiger partial charge on any atom is 0.333 e. The van der Waals surface area contributed by atoms with Gasteiger partial charge in [-0.25, -0.2) is 0 Å². The Morgan fingerprint density at radius 3 is 1.64 bits per heavy atom. The second-order valence-electron chi connectivity index (χ2n) is 29.0. The van der Waals surface area contributed by atoms with Crippen molar-refractivity contribution in [2.24, 2.45) is 0 Å². The van der Waals surface area contributed by atoms with Gasteiger partial charge in [0.05, 0.1) is 21.4 Å². The number of hydrogen-bond acceptors (Lipinski definition) is 3. The van der Waals surface area contributed by atoms with E-state index < -0.39 is 0 Å². The first kappa shape index (κ1) is 50.9. The van der Waals surface area contributed by atoms with E-state index in [1.807, 2.05) is 11.3 Å². The Hall–Kier alpha value is -6.56. The molecule has 0 fully saturated rings. The molecule has 0 atom stereocenters. The van der Waals surface area contributed by atoms with Gasteiger partial charge in [-0.15, -0.1) is 11.3 Å². The number of aromatic nitrogens is 1. The van der Waals surface area contributed by atoms with E-state index in [0.29, 0.717) is 0 Å². The average Bonchev–Trinajstić information content (AvgIpc) is 2.36. The lowest BCUT2D eigenvalue weighted by Gasteiger charge is -2.46. The van der Waals surface area contributed by atoms with Gasteiger partial charge in [0.2, 0.25) is 0 Å². The molecule has 10 aromatic rings. The van der Waals surface area contributed by atoms with Crippen molar-refractivity contribution >= 4 is 99.5 Å². The number of thiophene rings is 1. The van der Waals surface area contributed by atoms with E-state index in [4.69, 9.17) is 0 Å². The lowest BCUT2D eigenvalue weighted by molar-refractivity contribution is 0.332. The maximum atomic E-state index is 2.82. The first-order valence-electron chi connectivity index (χ1n) is 28.8. The van der Waals surface area contributed by atoms with Crippen LogP contribution in [-0.2, 0) is 32.5 Å². The van der Waals surface area contributed by atoms with Crippen molar-refractivity contribution in [1.29, 1.82) is 0 Å². The van der Waals surface area contributed by atoms with Crippen molar-refractivity contribution < 1.29 is 0 Å². The van der Waals surface area contributed by atoms with Crippen LogP contribution in [0.2, 0.25) is 0 Å². The number of nitrogens with zero attached hydrogens (tertiary/aromatic N) is 3. The van der Waals surface area contributed by atoms with Crippen LogP contribution in [0, 0.1) is 6.92 Å². The zero-order chi connectivity index (χ0) is 55.1. The van der Waals surface area contributed by atoms with Crippen molar-refractivity contribution in [2.75, 3.05) is 9.71 Å². The molecule has 13 rings (SSSR count). The molecule has 3 nitrogen and oxygen atoms in total. The number of rotatable bonds is 4. The molecule has 3 aliphatic rings. The monoisotopic (exact) mass is 1040 g/mol. The summed E-state index contributed by atoms with van der Waals surface area (Å²) in [6, 6.07) is 55.7. The second kappa shape index (κ2) is 16.7. The van der Waals surface area contributed by atoms with Crippen LogP contribution in [-0.4, -0.2) is 11.4 Å².